The molecule has 0 saturated heterocycles. The third kappa shape index (κ3) is 4.07. The summed E-state index contributed by atoms with van der Waals surface area (Å²) in [6, 6.07) is 19.8. The van der Waals surface area contributed by atoms with Crippen molar-refractivity contribution in [3.63, 3.8) is 0 Å². The normalized spacial score (nSPS) is 10.7. The summed E-state index contributed by atoms with van der Waals surface area (Å²) in [5.41, 5.74) is 8.91. The predicted molar refractivity (Wildman–Crippen MR) is 97.7 cm³/mol. The van der Waals surface area contributed by atoms with Crippen LogP contribution in [0.1, 0.15) is 27.8 Å². The van der Waals surface area contributed by atoms with Gasteiger partial charge < -0.3 is 0 Å². The fourth-order valence-electron chi connectivity index (χ4n) is 2.98. The highest BCUT2D eigenvalue weighted by molar-refractivity contribution is 5.59. The molecule has 0 atom stereocenters. The van der Waals surface area contributed by atoms with Crippen LogP contribution in [0.25, 0.3) is 11.3 Å². The molecular formula is C22H23N. The van der Waals surface area contributed by atoms with Gasteiger partial charge in [-0.3, -0.25) is 4.98 Å². The largest absolute Gasteiger partial charge is 0.256 e. The van der Waals surface area contributed by atoms with E-state index in [1.165, 1.54) is 33.4 Å². The Morgan fingerprint density at radius 1 is 0.652 bits per heavy atom. The molecule has 0 aliphatic rings. The van der Waals surface area contributed by atoms with Crippen LogP contribution in [0.3, 0.4) is 0 Å². The maximum atomic E-state index is 4.49. The first-order valence-corrected chi connectivity index (χ1v) is 8.19. The molecule has 1 heterocycles. The average Bonchev–Trinajstić information content (AvgIpc) is 2.53. The van der Waals surface area contributed by atoms with Crippen molar-refractivity contribution in [1.29, 1.82) is 0 Å². The van der Waals surface area contributed by atoms with E-state index in [9.17, 15) is 0 Å². The van der Waals surface area contributed by atoms with Gasteiger partial charge in [-0.1, -0.05) is 59.7 Å². The molecule has 0 spiro atoms. The highest BCUT2D eigenvalue weighted by Crippen LogP contribution is 2.19. The van der Waals surface area contributed by atoms with E-state index in [4.69, 9.17) is 0 Å². The van der Waals surface area contributed by atoms with Gasteiger partial charge in [0, 0.05) is 11.8 Å². The van der Waals surface area contributed by atoms with E-state index < -0.39 is 0 Å². The van der Waals surface area contributed by atoms with Gasteiger partial charge >= 0.3 is 0 Å². The first kappa shape index (κ1) is 15.5. The predicted octanol–water partition coefficient (Wildman–Crippen LogP) is 5.46. The summed E-state index contributed by atoms with van der Waals surface area (Å²) in [6.45, 7) is 6.40. The minimum Gasteiger partial charge on any atom is -0.256 e. The molecular weight excluding hydrogens is 278 g/mol. The molecule has 116 valence electrons. The highest BCUT2D eigenvalue weighted by atomic mass is 14.7. The molecule has 0 amide bonds. The summed E-state index contributed by atoms with van der Waals surface area (Å²) in [5, 5.41) is 0. The first-order valence-electron chi connectivity index (χ1n) is 8.19. The minimum absolute atomic E-state index is 1.04. The van der Waals surface area contributed by atoms with E-state index in [1.807, 2.05) is 6.20 Å². The van der Waals surface area contributed by atoms with Gasteiger partial charge in [0.25, 0.3) is 0 Å². The van der Waals surface area contributed by atoms with E-state index >= 15 is 0 Å². The Kier molecular flexibility index (Phi) is 4.57. The number of aryl methyl sites for hydroxylation is 5. The summed E-state index contributed by atoms with van der Waals surface area (Å²) in [4.78, 5) is 4.49. The zero-order valence-corrected chi connectivity index (χ0v) is 14.1. The van der Waals surface area contributed by atoms with Crippen molar-refractivity contribution in [3.8, 4) is 11.3 Å². The molecule has 23 heavy (non-hydrogen) atoms. The Bertz CT molecular complexity index is 763. The molecule has 0 saturated carbocycles. The van der Waals surface area contributed by atoms with Crippen LogP contribution in [-0.4, -0.2) is 4.98 Å². The number of benzene rings is 2. The highest BCUT2D eigenvalue weighted by Gasteiger charge is 2.01. The number of aromatic nitrogens is 1. The number of hydrogen-bond donors (Lipinski definition) is 0. The average molecular weight is 301 g/mol. The van der Waals surface area contributed by atoms with E-state index in [-0.39, 0.29) is 0 Å². The quantitative estimate of drug-likeness (QED) is 0.623. The molecule has 2 aromatic carbocycles. The van der Waals surface area contributed by atoms with Crippen molar-refractivity contribution in [2.45, 2.75) is 33.6 Å². The summed E-state index contributed by atoms with van der Waals surface area (Å²) >= 11 is 0. The van der Waals surface area contributed by atoms with Crippen molar-refractivity contribution in [2.24, 2.45) is 0 Å². The van der Waals surface area contributed by atoms with Crippen molar-refractivity contribution in [2.75, 3.05) is 0 Å². The fraction of sp³-hybridized carbons (Fsp3) is 0.227. The van der Waals surface area contributed by atoms with Crippen molar-refractivity contribution in [1.82, 2.24) is 4.98 Å². The second-order valence-electron chi connectivity index (χ2n) is 6.41. The standard InChI is InChI=1S/C22H23N/c1-16-4-11-22(23-15-16)21-9-7-19(8-10-21)5-6-20-13-17(2)12-18(3)14-20/h4,7-15H,5-6H2,1-3H3. The summed E-state index contributed by atoms with van der Waals surface area (Å²) in [5.74, 6) is 0. The van der Waals surface area contributed by atoms with Crippen LogP contribution in [0, 0.1) is 20.8 Å². The van der Waals surface area contributed by atoms with E-state index in [0.29, 0.717) is 0 Å². The SMILES string of the molecule is Cc1ccc(-c2ccc(CCc3cc(C)cc(C)c3)cc2)nc1. The number of rotatable bonds is 4. The Balaban J connectivity index is 1.69. The van der Waals surface area contributed by atoms with Gasteiger partial charge in [-0.25, -0.2) is 0 Å². The van der Waals surface area contributed by atoms with Gasteiger partial charge in [0.05, 0.1) is 5.69 Å². The minimum atomic E-state index is 1.04. The van der Waals surface area contributed by atoms with E-state index in [2.05, 4.69) is 80.4 Å². The molecule has 1 aromatic heterocycles. The molecule has 0 bridgehead atoms. The lowest BCUT2D eigenvalue weighted by atomic mass is 9.99. The lowest BCUT2D eigenvalue weighted by Crippen LogP contribution is -1.93. The zero-order chi connectivity index (χ0) is 16.2. The Hall–Kier alpha value is -2.41. The van der Waals surface area contributed by atoms with Crippen LogP contribution >= 0.6 is 0 Å². The molecule has 0 radical (unpaired) electrons. The number of hydrogen-bond acceptors (Lipinski definition) is 1. The molecule has 1 heteroatoms. The van der Waals surface area contributed by atoms with Crippen LogP contribution in [-0.2, 0) is 12.8 Å². The van der Waals surface area contributed by atoms with Gasteiger partial charge in [0.15, 0.2) is 0 Å². The van der Waals surface area contributed by atoms with Crippen LogP contribution in [0.5, 0.6) is 0 Å². The van der Waals surface area contributed by atoms with Crippen LogP contribution in [0.15, 0.2) is 60.8 Å². The topological polar surface area (TPSA) is 12.9 Å². The smallest absolute Gasteiger partial charge is 0.0702 e. The molecule has 3 rings (SSSR count). The molecule has 0 N–H and O–H groups in total. The third-order valence-electron chi connectivity index (χ3n) is 4.14. The van der Waals surface area contributed by atoms with Crippen molar-refractivity contribution >= 4 is 0 Å². The first-order chi connectivity index (χ1) is 11.1. The van der Waals surface area contributed by atoms with Crippen LogP contribution in [0.2, 0.25) is 0 Å². The second-order valence-corrected chi connectivity index (χ2v) is 6.41. The maximum Gasteiger partial charge on any atom is 0.0702 e. The monoisotopic (exact) mass is 301 g/mol. The Morgan fingerprint density at radius 2 is 1.30 bits per heavy atom. The third-order valence-corrected chi connectivity index (χ3v) is 4.14. The molecule has 0 fully saturated rings. The molecule has 0 aliphatic carbocycles. The fourth-order valence-corrected chi connectivity index (χ4v) is 2.98. The maximum absolute atomic E-state index is 4.49. The van der Waals surface area contributed by atoms with E-state index in [0.717, 1.165) is 18.5 Å². The Morgan fingerprint density at radius 3 is 1.91 bits per heavy atom. The molecule has 0 unspecified atom stereocenters. The van der Waals surface area contributed by atoms with Crippen molar-refractivity contribution in [3.05, 3.63) is 88.6 Å². The van der Waals surface area contributed by atoms with Gasteiger partial charge in [0.2, 0.25) is 0 Å². The number of pyridine rings is 1. The Labute approximate surface area is 139 Å². The molecule has 0 aliphatic heterocycles. The lowest BCUT2D eigenvalue weighted by molar-refractivity contribution is 0.955. The number of nitrogens with zero attached hydrogens (tertiary/aromatic N) is 1. The van der Waals surface area contributed by atoms with Crippen molar-refractivity contribution < 1.29 is 0 Å². The van der Waals surface area contributed by atoms with Gasteiger partial charge in [-0.15, -0.1) is 0 Å². The van der Waals surface area contributed by atoms with Crippen LogP contribution < -0.4 is 0 Å². The second kappa shape index (κ2) is 6.78. The summed E-state index contributed by atoms with van der Waals surface area (Å²) in [7, 11) is 0. The molecule has 3 aromatic rings. The van der Waals surface area contributed by atoms with Gasteiger partial charge in [-0.2, -0.15) is 0 Å². The zero-order valence-electron chi connectivity index (χ0n) is 14.1. The summed E-state index contributed by atoms with van der Waals surface area (Å²) < 4.78 is 0. The summed E-state index contributed by atoms with van der Waals surface area (Å²) in [6.07, 6.45) is 4.08. The van der Waals surface area contributed by atoms with Gasteiger partial charge in [-0.05, 0) is 56.4 Å². The lowest BCUT2D eigenvalue weighted by Gasteiger charge is -2.07. The van der Waals surface area contributed by atoms with E-state index in [1.54, 1.807) is 0 Å². The molecule has 1 nitrogen and oxygen atoms in total. The van der Waals surface area contributed by atoms with Crippen LogP contribution in [0.4, 0.5) is 0 Å². The van der Waals surface area contributed by atoms with Gasteiger partial charge in [0.1, 0.15) is 0 Å².